The highest BCUT2D eigenvalue weighted by molar-refractivity contribution is 5.83. The molecule has 23 heavy (non-hydrogen) atoms. The molecule has 0 saturated heterocycles. The van der Waals surface area contributed by atoms with Gasteiger partial charge in [0.15, 0.2) is 6.61 Å². The molecule has 0 aliphatic heterocycles. The number of para-hydroxylation sites is 1. The number of hydrogen-bond acceptors (Lipinski definition) is 4. The molecule has 1 amide bonds. The molecule has 1 N–H and O–H groups in total. The van der Waals surface area contributed by atoms with Crippen LogP contribution in [0.25, 0.3) is 0 Å². The van der Waals surface area contributed by atoms with Crippen molar-refractivity contribution < 1.29 is 9.53 Å². The van der Waals surface area contributed by atoms with Gasteiger partial charge in [-0.1, -0.05) is 30.3 Å². The van der Waals surface area contributed by atoms with Crippen LogP contribution in [-0.2, 0) is 4.79 Å². The monoisotopic (exact) mass is 307 g/mol. The standard InChI is InChI=1S/C18H17N3O2/c1-13-4-3-5-14(2)18(13)23-12-17(22)21-20-11-16-8-6-15(10-19)7-9-16/h3-9,11H,12H2,1-2H3,(H,21,22)/b20-11-. The summed E-state index contributed by atoms with van der Waals surface area (Å²) >= 11 is 0. The maximum Gasteiger partial charge on any atom is 0.277 e. The highest BCUT2D eigenvalue weighted by atomic mass is 16.5. The van der Waals surface area contributed by atoms with E-state index >= 15 is 0 Å². The van der Waals surface area contributed by atoms with Gasteiger partial charge in [-0.3, -0.25) is 4.79 Å². The van der Waals surface area contributed by atoms with Gasteiger partial charge in [0.25, 0.3) is 5.91 Å². The molecule has 0 radical (unpaired) electrons. The lowest BCUT2D eigenvalue weighted by Gasteiger charge is -2.10. The summed E-state index contributed by atoms with van der Waals surface area (Å²) in [5.41, 5.74) is 5.75. The maximum atomic E-state index is 11.7. The van der Waals surface area contributed by atoms with Crippen molar-refractivity contribution in [1.82, 2.24) is 5.43 Å². The van der Waals surface area contributed by atoms with Gasteiger partial charge < -0.3 is 4.74 Å². The Hall–Kier alpha value is -3.13. The van der Waals surface area contributed by atoms with Gasteiger partial charge in [-0.05, 0) is 42.7 Å². The van der Waals surface area contributed by atoms with Gasteiger partial charge in [-0.15, -0.1) is 0 Å². The molecular formula is C18H17N3O2. The molecule has 0 heterocycles. The number of aryl methyl sites for hydroxylation is 2. The first-order valence-corrected chi connectivity index (χ1v) is 7.11. The minimum Gasteiger partial charge on any atom is -0.483 e. The number of carbonyl (C=O) groups is 1. The molecule has 0 unspecified atom stereocenters. The van der Waals surface area contributed by atoms with Gasteiger partial charge in [-0.2, -0.15) is 10.4 Å². The van der Waals surface area contributed by atoms with Gasteiger partial charge in [-0.25, -0.2) is 5.43 Å². The number of benzene rings is 2. The zero-order valence-corrected chi connectivity index (χ0v) is 13.0. The minimum atomic E-state index is -0.336. The van der Waals surface area contributed by atoms with E-state index in [1.165, 1.54) is 6.21 Å². The SMILES string of the molecule is Cc1cccc(C)c1OCC(=O)N/N=C\c1ccc(C#N)cc1. The van der Waals surface area contributed by atoms with Crippen molar-refractivity contribution in [3.05, 3.63) is 64.7 Å². The molecule has 0 aliphatic rings. The number of carbonyl (C=O) groups excluding carboxylic acids is 1. The number of hydrogen-bond donors (Lipinski definition) is 1. The first-order chi connectivity index (χ1) is 11.1. The summed E-state index contributed by atoms with van der Waals surface area (Å²) in [7, 11) is 0. The summed E-state index contributed by atoms with van der Waals surface area (Å²) in [6.07, 6.45) is 1.51. The van der Waals surface area contributed by atoms with E-state index in [-0.39, 0.29) is 12.5 Å². The van der Waals surface area contributed by atoms with Crippen molar-refractivity contribution in [3.8, 4) is 11.8 Å². The summed E-state index contributed by atoms with van der Waals surface area (Å²) in [6.45, 7) is 3.77. The first-order valence-electron chi connectivity index (χ1n) is 7.11. The Morgan fingerprint density at radius 2 is 1.87 bits per heavy atom. The third-order valence-corrected chi connectivity index (χ3v) is 3.20. The fraction of sp³-hybridized carbons (Fsp3) is 0.167. The topological polar surface area (TPSA) is 74.5 Å². The average molecular weight is 307 g/mol. The van der Waals surface area contributed by atoms with Crippen molar-refractivity contribution in [1.29, 1.82) is 5.26 Å². The fourth-order valence-corrected chi connectivity index (χ4v) is 2.02. The quantitative estimate of drug-likeness (QED) is 0.681. The second-order valence-corrected chi connectivity index (χ2v) is 5.04. The van der Waals surface area contributed by atoms with E-state index in [1.54, 1.807) is 24.3 Å². The van der Waals surface area contributed by atoms with Crippen LogP contribution in [0.4, 0.5) is 0 Å². The van der Waals surface area contributed by atoms with E-state index in [4.69, 9.17) is 10.00 Å². The predicted molar refractivity (Wildman–Crippen MR) is 88.3 cm³/mol. The Kier molecular flexibility index (Phi) is 5.48. The lowest BCUT2D eigenvalue weighted by molar-refractivity contribution is -0.123. The number of nitriles is 1. The van der Waals surface area contributed by atoms with Crippen LogP contribution in [0.1, 0.15) is 22.3 Å². The van der Waals surface area contributed by atoms with Crippen molar-refractivity contribution in [2.24, 2.45) is 5.10 Å². The lowest BCUT2D eigenvalue weighted by Crippen LogP contribution is -2.25. The second-order valence-electron chi connectivity index (χ2n) is 5.04. The van der Waals surface area contributed by atoms with Crippen LogP contribution in [0.15, 0.2) is 47.6 Å². The molecule has 0 saturated carbocycles. The first kappa shape index (κ1) is 16.2. The highest BCUT2D eigenvalue weighted by Crippen LogP contribution is 2.21. The zero-order valence-electron chi connectivity index (χ0n) is 13.0. The van der Waals surface area contributed by atoms with Gasteiger partial charge in [0.2, 0.25) is 0 Å². The summed E-state index contributed by atoms with van der Waals surface area (Å²) in [5, 5.41) is 12.6. The maximum absolute atomic E-state index is 11.7. The number of amides is 1. The van der Waals surface area contributed by atoms with Gasteiger partial charge in [0.05, 0.1) is 17.8 Å². The largest absolute Gasteiger partial charge is 0.483 e. The molecule has 0 atom stereocenters. The predicted octanol–water partition coefficient (Wildman–Crippen LogP) is 2.70. The summed E-state index contributed by atoms with van der Waals surface area (Å²) in [5.74, 6) is 0.385. The Bertz CT molecular complexity index is 739. The van der Waals surface area contributed by atoms with Crippen LogP contribution < -0.4 is 10.2 Å². The normalized spacial score (nSPS) is 10.3. The smallest absolute Gasteiger partial charge is 0.277 e. The van der Waals surface area contributed by atoms with Crippen LogP contribution >= 0.6 is 0 Å². The molecule has 2 rings (SSSR count). The summed E-state index contributed by atoms with van der Waals surface area (Å²) < 4.78 is 5.54. The van der Waals surface area contributed by atoms with Crippen LogP contribution in [0.3, 0.4) is 0 Å². The van der Waals surface area contributed by atoms with Crippen molar-refractivity contribution in [3.63, 3.8) is 0 Å². The van der Waals surface area contributed by atoms with Gasteiger partial charge >= 0.3 is 0 Å². The number of rotatable bonds is 5. The fourth-order valence-electron chi connectivity index (χ4n) is 2.02. The Morgan fingerprint density at radius 3 is 2.48 bits per heavy atom. The van der Waals surface area contributed by atoms with Crippen LogP contribution in [0.5, 0.6) is 5.75 Å². The van der Waals surface area contributed by atoms with Crippen molar-refractivity contribution in [2.75, 3.05) is 6.61 Å². The van der Waals surface area contributed by atoms with E-state index < -0.39 is 0 Å². The molecule has 0 spiro atoms. The van der Waals surface area contributed by atoms with Gasteiger partial charge in [0, 0.05) is 0 Å². The molecule has 0 bridgehead atoms. The number of ether oxygens (including phenoxy) is 1. The molecule has 116 valence electrons. The molecule has 5 nitrogen and oxygen atoms in total. The molecule has 5 heteroatoms. The van der Waals surface area contributed by atoms with Crippen LogP contribution in [0, 0.1) is 25.2 Å². The van der Waals surface area contributed by atoms with E-state index in [0.29, 0.717) is 5.56 Å². The number of nitrogens with one attached hydrogen (secondary N) is 1. The third kappa shape index (κ3) is 4.68. The Morgan fingerprint density at radius 1 is 1.22 bits per heavy atom. The zero-order chi connectivity index (χ0) is 16.7. The van der Waals surface area contributed by atoms with Crippen LogP contribution in [0.2, 0.25) is 0 Å². The molecular weight excluding hydrogens is 290 g/mol. The van der Waals surface area contributed by atoms with Crippen molar-refractivity contribution in [2.45, 2.75) is 13.8 Å². The van der Waals surface area contributed by atoms with Gasteiger partial charge in [0.1, 0.15) is 5.75 Å². The van der Waals surface area contributed by atoms with E-state index in [0.717, 1.165) is 22.4 Å². The van der Waals surface area contributed by atoms with E-state index in [2.05, 4.69) is 10.5 Å². The minimum absolute atomic E-state index is 0.101. The molecule has 0 aliphatic carbocycles. The highest BCUT2D eigenvalue weighted by Gasteiger charge is 2.06. The second kappa shape index (κ2) is 7.76. The van der Waals surface area contributed by atoms with Crippen molar-refractivity contribution >= 4 is 12.1 Å². The number of nitrogens with zero attached hydrogens (tertiary/aromatic N) is 2. The number of hydrazone groups is 1. The molecule has 0 aromatic heterocycles. The molecule has 2 aromatic rings. The summed E-state index contributed by atoms with van der Waals surface area (Å²) in [6, 6.07) is 14.7. The van der Waals surface area contributed by atoms with Crippen LogP contribution in [-0.4, -0.2) is 18.7 Å². The molecule has 0 fully saturated rings. The average Bonchev–Trinajstić information content (AvgIpc) is 2.55. The summed E-state index contributed by atoms with van der Waals surface area (Å²) in [4.78, 5) is 11.7. The van der Waals surface area contributed by atoms with E-state index in [1.807, 2.05) is 38.1 Å². The Balaban J connectivity index is 1.85. The van der Waals surface area contributed by atoms with E-state index in [9.17, 15) is 4.79 Å². The Labute approximate surface area is 135 Å². The lowest BCUT2D eigenvalue weighted by atomic mass is 10.1. The third-order valence-electron chi connectivity index (χ3n) is 3.20. The molecule has 2 aromatic carbocycles.